The van der Waals surface area contributed by atoms with E-state index in [1.807, 2.05) is 0 Å². The average molecular weight is 291 g/mol. The van der Waals surface area contributed by atoms with Gasteiger partial charge in [0.25, 0.3) is 0 Å². The van der Waals surface area contributed by atoms with Crippen LogP contribution in [0.25, 0.3) is 0 Å². The summed E-state index contributed by atoms with van der Waals surface area (Å²) in [7, 11) is -7.77. The van der Waals surface area contributed by atoms with Gasteiger partial charge in [-0.15, -0.1) is 10.2 Å². The third-order valence-electron chi connectivity index (χ3n) is 1.71. The van der Waals surface area contributed by atoms with E-state index in [1.165, 1.54) is 10.9 Å². The summed E-state index contributed by atoms with van der Waals surface area (Å²) >= 11 is 0. The Morgan fingerprint density at radius 2 is 1.94 bits per heavy atom. The Morgan fingerprint density at radius 1 is 1.35 bits per heavy atom. The van der Waals surface area contributed by atoms with E-state index in [4.69, 9.17) is 0 Å². The van der Waals surface area contributed by atoms with Gasteiger partial charge < -0.3 is 9.12 Å². The number of sulfone groups is 1. The van der Waals surface area contributed by atoms with Gasteiger partial charge >= 0.3 is 29.6 Å². The summed E-state index contributed by atoms with van der Waals surface area (Å²) in [6.07, 6.45) is 2.16. The molecule has 0 saturated carbocycles. The summed E-state index contributed by atoms with van der Waals surface area (Å²) in [5, 5.41) is 6.57. The molecule has 0 aliphatic heterocycles. The van der Waals surface area contributed by atoms with Crippen LogP contribution in [-0.2, 0) is 26.5 Å². The van der Waals surface area contributed by atoms with Crippen molar-refractivity contribution in [2.45, 2.75) is 18.1 Å². The van der Waals surface area contributed by atoms with Crippen molar-refractivity contribution in [3.63, 3.8) is 0 Å². The molecule has 92 valence electrons. The second-order valence-corrected chi connectivity index (χ2v) is 6.63. The van der Waals surface area contributed by atoms with Crippen LogP contribution in [0.15, 0.2) is 11.5 Å². The van der Waals surface area contributed by atoms with Crippen molar-refractivity contribution < 1.29 is 50.9 Å². The first kappa shape index (κ1) is 17.0. The fraction of sp³-hybridized carbons (Fsp3) is 0.667. The number of hydrogen-bond donors (Lipinski definition) is 0. The van der Waals surface area contributed by atoms with E-state index >= 15 is 0 Å². The standard InChI is InChI=1S/C6H11N3O5S2.Na/c1-15(10,11)6-8-7-5-9(6)3-2-4-16(12,13)14;/h5H,2-4H2,1H3,(H,12,13,14);/q;+1/p-1. The molecule has 0 aliphatic carbocycles. The molecule has 11 heteroatoms. The van der Waals surface area contributed by atoms with Gasteiger partial charge in [-0.05, 0) is 6.42 Å². The van der Waals surface area contributed by atoms with E-state index in [-0.39, 0.29) is 47.7 Å². The third kappa shape index (κ3) is 5.93. The maximum absolute atomic E-state index is 11.2. The van der Waals surface area contributed by atoms with Gasteiger partial charge in [-0.25, -0.2) is 16.8 Å². The van der Waals surface area contributed by atoms with Gasteiger partial charge in [0.2, 0.25) is 15.0 Å². The summed E-state index contributed by atoms with van der Waals surface area (Å²) in [6.45, 7) is 0.0663. The first-order chi connectivity index (χ1) is 7.20. The van der Waals surface area contributed by atoms with Gasteiger partial charge in [0.15, 0.2) is 0 Å². The summed E-state index contributed by atoms with van der Waals surface area (Å²) < 4.78 is 54.5. The van der Waals surface area contributed by atoms with Crippen LogP contribution < -0.4 is 29.6 Å². The maximum atomic E-state index is 11.2. The molecule has 0 N–H and O–H groups in total. The summed E-state index contributed by atoms with van der Waals surface area (Å²) in [5.74, 6) is -0.547. The maximum Gasteiger partial charge on any atom is 1.00 e. The van der Waals surface area contributed by atoms with Crippen molar-refractivity contribution in [2.24, 2.45) is 0 Å². The summed E-state index contributed by atoms with van der Waals surface area (Å²) in [6, 6.07) is 0. The van der Waals surface area contributed by atoms with Crippen LogP contribution in [0, 0.1) is 0 Å². The van der Waals surface area contributed by atoms with E-state index in [1.54, 1.807) is 0 Å². The zero-order chi connectivity index (χ0) is 12.4. The van der Waals surface area contributed by atoms with E-state index < -0.39 is 25.7 Å². The van der Waals surface area contributed by atoms with Gasteiger partial charge in [-0.1, -0.05) is 0 Å². The molecular formula is C6H10N3NaO5S2. The molecular weight excluding hydrogens is 281 g/mol. The molecule has 1 aromatic rings. The molecule has 0 amide bonds. The molecule has 0 aliphatic rings. The van der Waals surface area contributed by atoms with Crippen LogP contribution in [-0.4, -0.2) is 48.2 Å². The first-order valence-electron chi connectivity index (χ1n) is 4.21. The van der Waals surface area contributed by atoms with Crippen LogP contribution in [0.5, 0.6) is 0 Å². The molecule has 0 aromatic carbocycles. The average Bonchev–Trinajstić information content (AvgIpc) is 2.48. The Morgan fingerprint density at radius 3 is 2.41 bits per heavy atom. The van der Waals surface area contributed by atoms with Crippen molar-refractivity contribution in [1.82, 2.24) is 14.8 Å². The normalized spacial score (nSPS) is 12.1. The van der Waals surface area contributed by atoms with Gasteiger partial charge in [-0.2, -0.15) is 0 Å². The quantitative estimate of drug-likeness (QED) is 0.396. The number of aryl methyl sites for hydroxylation is 1. The Balaban J connectivity index is 0.00000256. The Labute approximate surface area is 121 Å². The second-order valence-electron chi connectivity index (χ2n) is 3.19. The van der Waals surface area contributed by atoms with E-state index in [9.17, 15) is 21.4 Å². The topological polar surface area (TPSA) is 122 Å². The molecule has 1 heterocycles. The first-order valence-corrected chi connectivity index (χ1v) is 7.68. The van der Waals surface area contributed by atoms with Gasteiger partial charge in [0, 0.05) is 18.6 Å². The van der Waals surface area contributed by atoms with Crippen LogP contribution in [0.2, 0.25) is 0 Å². The zero-order valence-corrected chi connectivity index (χ0v) is 13.0. The smallest absolute Gasteiger partial charge is 0.748 e. The van der Waals surface area contributed by atoms with Crippen LogP contribution >= 0.6 is 0 Å². The minimum absolute atomic E-state index is 0. The van der Waals surface area contributed by atoms with Crippen molar-refractivity contribution >= 4 is 20.0 Å². The van der Waals surface area contributed by atoms with Crippen molar-refractivity contribution in [3.8, 4) is 0 Å². The van der Waals surface area contributed by atoms with Crippen molar-refractivity contribution in [3.05, 3.63) is 6.33 Å². The molecule has 0 bridgehead atoms. The van der Waals surface area contributed by atoms with Crippen LogP contribution in [0.1, 0.15) is 6.42 Å². The fourth-order valence-electron chi connectivity index (χ4n) is 1.10. The van der Waals surface area contributed by atoms with Gasteiger partial charge in [0.05, 0.1) is 10.1 Å². The fourth-order valence-corrected chi connectivity index (χ4v) is 2.34. The molecule has 1 rings (SSSR count). The molecule has 0 spiro atoms. The number of aromatic nitrogens is 3. The summed E-state index contributed by atoms with van der Waals surface area (Å²) in [5.41, 5.74) is 0. The zero-order valence-electron chi connectivity index (χ0n) is 9.40. The molecule has 0 atom stereocenters. The number of rotatable bonds is 5. The van der Waals surface area contributed by atoms with E-state index in [0.717, 1.165) is 6.26 Å². The minimum Gasteiger partial charge on any atom is -0.748 e. The number of hydrogen-bond acceptors (Lipinski definition) is 7. The van der Waals surface area contributed by atoms with Gasteiger partial charge in [0.1, 0.15) is 6.33 Å². The molecule has 17 heavy (non-hydrogen) atoms. The molecule has 0 unspecified atom stereocenters. The molecule has 0 radical (unpaired) electrons. The van der Waals surface area contributed by atoms with Crippen LogP contribution in [0.3, 0.4) is 0 Å². The van der Waals surface area contributed by atoms with Gasteiger partial charge in [-0.3, -0.25) is 0 Å². The second kappa shape index (κ2) is 6.25. The van der Waals surface area contributed by atoms with Crippen LogP contribution in [0.4, 0.5) is 0 Å². The van der Waals surface area contributed by atoms with E-state index in [0.29, 0.717) is 0 Å². The van der Waals surface area contributed by atoms with Crippen molar-refractivity contribution in [2.75, 3.05) is 12.0 Å². The molecule has 8 nitrogen and oxygen atoms in total. The monoisotopic (exact) mass is 291 g/mol. The predicted octanol–water partition coefficient (Wildman–Crippen LogP) is -4.38. The molecule has 0 saturated heterocycles. The summed E-state index contributed by atoms with van der Waals surface area (Å²) in [4.78, 5) is 0. The SMILES string of the molecule is CS(=O)(=O)c1nncn1CCCS(=O)(=O)[O-].[Na+]. The largest absolute Gasteiger partial charge is 1.00 e. The predicted molar refractivity (Wildman–Crippen MR) is 52.3 cm³/mol. The molecule has 1 aromatic heterocycles. The third-order valence-corrected chi connectivity index (χ3v) is 3.47. The number of nitrogens with zero attached hydrogens (tertiary/aromatic N) is 3. The Bertz CT molecular complexity index is 564. The Hall–Kier alpha value is -0.000000000000000222. The van der Waals surface area contributed by atoms with E-state index in [2.05, 4.69) is 10.2 Å². The molecule has 0 fully saturated rings. The minimum atomic E-state index is -4.28. The van der Waals surface area contributed by atoms with Crippen molar-refractivity contribution in [1.29, 1.82) is 0 Å². The Kier molecular flexibility index (Phi) is 6.25.